The molecule has 0 bridgehead atoms. The van der Waals surface area contributed by atoms with Gasteiger partial charge in [-0.15, -0.1) is 16.4 Å². The van der Waals surface area contributed by atoms with Crippen LogP contribution in [0, 0.1) is 0 Å². The highest BCUT2D eigenvalue weighted by Gasteiger charge is 2.12. The molecule has 4 rings (SSSR count). The number of benzene rings is 1. The van der Waals surface area contributed by atoms with Crippen LogP contribution in [-0.2, 0) is 12.3 Å². The molecule has 0 aliphatic rings. The Balaban J connectivity index is 1.48. The molecular formula is C17H14N4O2S2. The van der Waals surface area contributed by atoms with Crippen LogP contribution in [0.4, 0.5) is 0 Å². The van der Waals surface area contributed by atoms with Gasteiger partial charge >= 0.3 is 5.69 Å². The molecule has 1 aromatic carbocycles. The zero-order chi connectivity index (χ0) is 17.1. The molecule has 0 spiro atoms. The Labute approximate surface area is 151 Å². The van der Waals surface area contributed by atoms with E-state index in [9.17, 15) is 4.79 Å². The number of H-pyrrole nitrogens is 1. The molecular weight excluding hydrogens is 356 g/mol. The first-order valence-electron chi connectivity index (χ1n) is 7.61. The molecule has 0 aliphatic carbocycles. The Morgan fingerprint density at radius 1 is 1.20 bits per heavy atom. The molecule has 0 amide bonds. The van der Waals surface area contributed by atoms with Crippen molar-refractivity contribution in [3.8, 4) is 10.6 Å². The Morgan fingerprint density at radius 2 is 2.08 bits per heavy atom. The van der Waals surface area contributed by atoms with Crippen molar-refractivity contribution >= 4 is 23.1 Å². The molecule has 0 fully saturated rings. The predicted octanol–water partition coefficient (Wildman–Crippen LogP) is 3.63. The Hall–Kier alpha value is -2.58. The summed E-state index contributed by atoms with van der Waals surface area (Å²) in [6.07, 6.45) is 0. The lowest BCUT2D eigenvalue weighted by Crippen LogP contribution is -2.18. The van der Waals surface area contributed by atoms with Gasteiger partial charge in [0.1, 0.15) is 0 Å². The summed E-state index contributed by atoms with van der Waals surface area (Å²) in [5.41, 5.74) is 1.65. The van der Waals surface area contributed by atoms with E-state index in [-0.39, 0.29) is 5.69 Å². The zero-order valence-corrected chi connectivity index (χ0v) is 14.7. The number of hydrogen-bond acceptors (Lipinski definition) is 6. The van der Waals surface area contributed by atoms with E-state index >= 15 is 0 Å². The Morgan fingerprint density at radius 3 is 2.88 bits per heavy atom. The van der Waals surface area contributed by atoms with Crippen LogP contribution in [0.15, 0.2) is 68.4 Å². The van der Waals surface area contributed by atoms with E-state index in [1.54, 1.807) is 15.9 Å². The summed E-state index contributed by atoms with van der Waals surface area (Å²) in [6, 6.07) is 15.7. The number of nitrogens with one attached hydrogen (secondary N) is 1. The summed E-state index contributed by atoms with van der Waals surface area (Å²) < 4.78 is 7.00. The molecule has 0 saturated heterocycles. The van der Waals surface area contributed by atoms with Crippen molar-refractivity contribution in [1.29, 1.82) is 0 Å². The normalized spacial score (nSPS) is 11.0. The minimum atomic E-state index is -0.217. The van der Waals surface area contributed by atoms with E-state index in [0.29, 0.717) is 17.5 Å². The maximum atomic E-state index is 12.0. The van der Waals surface area contributed by atoms with Crippen molar-refractivity contribution in [2.24, 2.45) is 0 Å². The lowest BCUT2D eigenvalue weighted by molar-refractivity contribution is 0.427. The van der Waals surface area contributed by atoms with Crippen LogP contribution in [0.2, 0.25) is 0 Å². The first-order valence-corrected chi connectivity index (χ1v) is 9.47. The lowest BCUT2D eigenvalue weighted by atomic mass is 10.2. The van der Waals surface area contributed by atoms with Crippen LogP contribution in [0.5, 0.6) is 0 Å². The van der Waals surface area contributed by atoms with Gasteiger partial charge < -0.3 is 4.52 Å². The molecule has 0 aliphatic heterocycles. The molecule has 0 unspecified atom stereocenters. The molecule has 0 atom stereocenters. The number of aromatic amines is 1. The lowest BCUT2D eigenvalue weighted by Gasteiger charge is -2.04. The Kier molecular flexibility index (Phi) is 4.53. The van der Waals surface area contributed by atoms with Crippen molar-refractivity contribution in [2.75, 3.05) is 0 Å². The first-order chi connectivity index (χ1) is 12.3. The standard InChI is InChI=1S/C17H14N4O2S2/c22-16-18-19-17(21(16)10-12-5-2-1-3-6-12)25-11-13-9-14(23-20-13)15-7-4-8-24-15/h1-9H,10-11H2,(H,18,22). The number of rotatable bonds is 6. The summed E-state index contributed by atoms with van der Waals surface area (Å²) in [5.74, 6) is 1.34. The van der Waals surface area contributed by atoms with Crippen molar-refractivity contribution < 1.29 is 4.52 Å². The third-order valence-electron chi connectivity index (χ3n) is 3.58. The average Bonchev–Trinajstić information content (AvgIpc) is 3.37. The van der Waals surface area contributed by atoms with Crippen LogP contribution in [0.25, 0.3) is 10.6 Å². The summed E-state index contributed by atoms with van der Waals surface area (Å²) in [6.45, 7) is 0.484. The topological polar surface area (TPSA) is 76.7 Å². The minimum Gasteiger partial charge on any atom is -0.355 e. The fourth-order valence-corrected chi connectivity index (χ4v) is 3.87. The molecule has 126 valence electrons. The maximum absolute atomic E-state index is 12.0. The van der Waals surface area contributed by atoms with Gasteiger partial charge in [0.25, 0.3) is 0 Å². The van der Waals surface area contributed by atoms with Gasteiger partial charge in [0.15, 0.2) is 10.9 Å². The van der Waals surface area contributed by atoms with Crippen molar-refractivity contribution in [1.82, 2.24) is 19.9 Å². The third-order valence-corrected chi connectivity index (χ3v) is 5.47. The zero-order valence-electron chi connectivity index (χ0n) is 13.1. The number of aromatic nitrogens is 4. The summed E-state index contributed by atoms with van der Waals surface area (Å²) in [7, 11) is 0. The molecule has 3 heterocycles. The second kappa shape index (κ2) is 7.12. The van der Waals surface area contributed by atoms with Gasteiger partial charge in [-0.05, 0) is 17.0 Å². The number of nitrogens with zero attached hydrogens (tertiary/aromatic N) is 3. The van der Waals surface area contributed by atoms with Crippen LogP contribution < -0.4 is 5.69 Å². The average molecular weight is 370 g/mol. The van der Waals surface area contributed by atoms with Gasteiger partial charge in [0.2, 0.25) is 0 Å². The SMILES string of the molecule is O=c1[nH]nc(SCc2cc(-c3cccs3)on2)n1Cc1ccccc1. The van der Waals surface area contributed by atoms with Crippen molar-refractivity contribution in [3.05, 3.63) is 75.7 Å². The van der Waals surface area contributed by atoms with E-state index in [1.807, 2.05) is 53.9 Å². The molecule has 6 nitrogen and oxygen atoms in total. The smallest absolute Gasteiger partial charge is 0.344 e. The van der Waals surface area contributed by atoms with Gasteiger partial charge in [0.05, 0.1) is 17.1 Å². The van der Waals surface area contributed by atoms with E-state index in [1.165, 1.54) is 11.8 Å². The molecule has 3 aromatic heterocycles. The van der Waals surface area contributed by atoms with Crippen molar-refractivity contribution in [3.63, 3.8) is 0 Å². The van der Waals surface area contributed by atoms with Crippen LogP contribution >= 0.6 is 23.1 Å². The van der Waals surface area contributed by atoms with Crippen LogP contribution in [0.3, 0.4) is 0 Å². The highest BCUT2D eigenvalue weighted by Crippen LogP contribution is 2.27. The van der Waals surface area contributed by atoms with Gasteiger partial charge in [-0.1, -0.05) is 53.3 Å². The minimum absolute atomic E-state index is 0.217. The predicted molar refractivity (Wildman–Crippen MR) is 97.8 cm³/mol. The molecule has 1 N–H and O–H groups in total. The third kappa shape index (κ3) is 3.59. The van der Waals surface area contributed by atoms with E-state index < -0.39 is 0 Å². The summed E-state index contributed by atoms with van der Waals surface area (Å²) in [5, 5.41) is 13.4. The fraction of sp³-hybridized carbons (Fsp3) is 0.118. The molecule has 4 aromatic rings. The van der Waals surface area contributed by atoms with E-state index in [2.05, 4.69) is 15.4 Å². The summed E-state index contributed by atoms with van der Waals surface area (Å²) >= 11 is 3.06. The molecule has 0 radical (unpaired) electrons. The highest BCUT2D eigenvalue weighted by atomic mass is 32.2. The number of thiophene rings is 1. The van der Waals surface area contributed by atoms with E-state index in [4.69, 9.17) is 4.52 Å². The maximum Gasteiger partial charge on any atom is 0.344 e. The molecule has 25 heavy (non-hydrogen) atoms. The van der Waals surface area contributed by atoms with Gasteiger partial charge in [-0.25, -0.2) is 9.89 Å². The first kappa shape index (κ1) is 15.9. The van der Waals surface area contributed by atoms with Gasteiger partial charge in [-0.3, -0.25) is 4.57 Å². The number of thioether (sulfide) groups is 1. The quantitative estimate of drug-likeness (QED) is 0.525. The second-order valence-corrected chi connectivity index (χ2v) is 7.22. The van der Waals surface area contributed by atoms with E-state index in [0.717, 1.165) is 21.9 Å². The van der Waals surface area contributed by atoms with Crippen molar-refractivity contribution in [2.45, 2.75) is 17.5 Å². The van der Waals surface area contributed by atoms with Crippen LogP contribution in [0.1, 0.15) is 11.3 Å². The number of hydrogen-bond donors (Lipinski definition) is 1. The largest absolute Gasteiger partial charge is 0.355 e. The monoisotopic (exact) mass is 370 g/mol. The Bertz CT molecular complexity index is 1000. The highest BCUT2D eigenvalue weighted by molar-refractivity contribution is 7.98. The van der Waals surface area contributed by atoms with Gasteiger partial charge in [0, 0.05) is 11.8 Å². The van der Waals surface area contributed by atoms with Gasteiger partial charge in [-0.2, -0.15) is 0 Å². The second-order valence-electron chi connectivity index (χ2n) is 5.33. The molecule has 0 saturated carbocycles. The molecule has 8 heteroatoms. The van der Waals surface area contributed by atoms with Crippen LogP contribution in [-0.4, -0.2) is 19.9 Å². The fourth-order valence-electron chi connectivity index (χ4n) is 2.37. The summed E-state index contributed by atoms with van der Waals surface area (Å²) in [4.78, 5) is 13.1.